The van der Waals surface area contributed by atoms with Crippen molar-refractivity contribution in [3.8, 4) is 0 Å². The Balaban J connectivity index is 1.87. The van der Waals surface area contributed by atoms with E-state index in [1.165, 1.54) is 24.3 Å². The van der Waals surface area contributed by atoms with Gasteiger partial charge >= 0.3 is 5.97 Å². The fraction of sp³-hybridized carbons (Fsp3) is 0.500. The van der Waals surface area contributed by atoms with E-state index in [2.05, 4.69) is 0 Å². The van der Waals surface area contributed by atoms with Crippen LogP contribution >= 0.6 is 0 Å². The van der Waals surface area contributed by atoms with Gasteiger partial charge in [-0.05, 0) is 37.1 Å². The topological polar surface area (TPSA) is 66.8 Å². The molecule has 1 saturated heterocycles. The van der Waals surface area contributed by atoms with Crippen LogP contribution in [0.4, 0.5) is 8.78 Å². The molecule has 1 aromatic carbocycles. The Labute approximate surface area is 132 Å². The van der Waals surface area contributed by atoms with Crippen LogP contribution in [0.15, 0.2) is 24.3 Å². The monoisotopic (exact) mass is 327 g/mol. The molecular weight excluding hydrogens is 308 g/mol. The van der Waals surface area contributed by atoms with Crippen LogP contribution in [-0.2, 0) is 4.74 Å². The fourth-order valence-electron chi connectivity index (χ4n) is 2.43. The number of benzene rings is 1. The molecule has 0 saturated carbocycles. The minimum atomic E-state index is -2.85. The number of rotatable bonds is 5. The number of nitrogens with zero attached hydrogens (tertiary/aromatic N) is 1. The summed E-state index contributed by atoms with van der Waals surface area (Å²) >= 11 is 0. The largest absolute Gasteiger partial charge is 0.478 e. The zero-order valence-corrected chi connectivity index (χ0v) is 12.8. The van der Waals surface area contributed by atoms with Gasteiger partial charge in [0, 0.05) is 25.6 Å². The molecule has 126 valence electrons. The molecule has 1 N–H and O–H groups in total. The predicted molar refractivity (Wildman–Crippen MR) is 78.9 cm³/mol. The quantitative estimate of drug-likeness (QED) is 0.903. The van der Waals surface area contributed by atoms with Crippen LogP contribution in [-0.4, -0.2) is 53.6 Å². The lowest BCUT2D eigenvalue weighted by Crippen LogP contribution is -2.41. The summed E-state index contributed by atoms with van der Waals surface area (Å²) in [6.07, 6.45) is 0.753. The van der Waals surface area contributed by atoms with Gasteiger partial charge in [0.1, 0.15) is 6.61 Å². The van der Waals surface area contributed by atoms with Gasteiger partial charge < -0.3 is 14.7 Å². The van der Waals surface area contributed by atoms with Crippen molar-refractivity contribution in [1.29, 1.82) is 0 Å². The molecule has 1 fully saturated rings. The van der Waals surface area contributed by atoms with E-state index in [0.29, 0.717) is 31.5 Å². The second-order valence-corrected chi connectivity index (χ2v) is 5.76. The molecule has 0 unspecified atom stereocenters. The number of aromatic carboxylic acids is 1. The minimum absolute atomic E-state index is 0.120. The Bertz CT molecular complexity index is 560. The van der Waals surface area contributed by atoms with Crippen molar-refractivity contribution in [3.63, 3.8) is 0 Å². The molecule has 7 heteroatoms. The van der Waals surface area contributed by atoms with Crippen LogP contribution in [0.3, 0.4) is 0 Å². The molecule has 0 aliphatic carbocycles. The van der Waals surface area contributed by atoms with E-state index >= 15 is 0 Å². The lowest BCUT2D eigenvalue weighted by molar-refractivity contribution is -0.0968. The Morgan fingerprint density at radius 1 is 1.22 bits per heavy atom. The first-order valence-electron chi connectivity index (χ1n) is 7.38. The SMILES string of the molecule is CC(F)(F)COC1CCN(C(=O)c2ccc(C(=O)O)cc2)CC1. The van der Waals surface area contributed by atoms with Gasteiger partial charge in [-0.1, -0.05) is 0 Å². The zero-order valence-electron chi connectivity index (χ0n) is 12.8. The van der Waals surface area contributed by atoms with Crippen LogP contribution in [0.5, 0.6) is 0 Å². The summed E-state index contributed by atoms with van der Waals surface area (Å²) < 4.78 is 30.7. The third kappa shape index (κ3) is 4.99. The number of carbonyl (C=O) groups is 2. The fourth-order valence-corrected chi connectivity index (χ4v) is 2.43. The van der Waals surface area contributed by atoms with Crippen molar-refractivity contribution >= 4 is 11.9 Å². The Morgan fingerprint density at radius 3 is 2.22 bits per heavy atom. The maximum absolute atomic E-state index is 12.8. The maximum Gasteiger partial charge on any atom is 0.335 e. The highest BCUT2D eigenvalue weighted by Gasteiger charge is 2.28. The second-order valence-electron chi connectivity index (χ2n) is 5.76. The molecule has 0 aromatic heterocycles. The lowest BCUT2D eigenvalue weighted by Gasteiger charge is -2.32. The molecule has 0 bridgehead atoms. The van der Waals surface area contributed by atoms with E-state index in [-0.39, 0.29) is 17.6 Å². The number of carboxylic acid groups (broad SMARTS) is 1. The first-order chi connectivity index (χ1) is 10.8. The number of likely N-dealkylation sites (tertiary alicyclic amines) is 1. The number of alkyl halides is 2. The first-order valence-corrected chi connectivity index (χ1v) is 7.38. The molecule has 23 heavy (non-hydrogen) atoms. The highest BCUT2D eigenvalue weighted by Crippen LogP contribution is 2.20. The van der Waals surface area contributed by atoms with Crippen LogP contribution in [0, 0.1) is 0 Å². The molecule has 1 aliphatic heterocycles. The Kier molecular flexibility index (Phi) is 5.30. The zero-order chi connectivity index (χ0) is 17.0. The Hall–Kier alpha value is -2.02. The minimum Gasteiger partial charge on any atom is -0.478 e. The average Bonchev–Trinajstić information content (AvgIpc) is 2.52. The average molecular weight is 327 g/mol. The third-order valence-electron chi connectivity index (χ3n) is 3.68. The van der Waals surface area contributed by atoms with Crippen molar-refractivity contribution < 1.29 is 28.2 Å². The van der Waals surface area contributed by atoms with Crippen LogP contribution in [0.25, 0.3) is 0 Å². The summed E-state index contributed by atoms with van der Waals surface area (Å²) in [7, 11) is 0. The predicted octanol–water partition coefficient (Wildman–Crippen LogP) is 2.66. The molecule has 1 heterocycles. The van der Waals surface area contributed by atoms with Gasteiger partial charge in [-0.15, -0.1) is 0 Å². The molecular formula is C16H19F2NO4. The maximum atomic E-state index is 12.8. The van der Waals surface area contributed by atoms with Crippen molar-refractivity contribution in [2.24, 2.45) is 0 Å². The lowest BCUT2D eigenvalue weighted by atomic mass is 10.1. The number of ether oxygens (including phenoxy) is 1. The van der Waals surface area contributed by atoms with E-state index in [1.54, 1.807) is 4.90 Å². The van der Waals surface area contributed by atoms with Crippen LogP contribution in [0.1, 0.15) is 40.5 Å². The molecule has 0 spiro atoms. The smallest absolute Gasteiger partial charge is 0.335 e. The summed E-state index contributed by atoms with van der Waals surface area (Å²) in [6.45, 7) is 1.06. The van der Waals surface area contributed by atoms with E-state index in [4.69, 9.17) is 9.84 Å². The van der Waals surface area contributed by atoms with Crippen molar-refractivity contribution in [2.45, 2.75) is 31.8 Å². The molecule has 5 nitrogen and oxygen atoms in total. The number of carbonyl (C=O) groups excluding carboxylic acids is 1. The van der Waals surface area contributed by atoms with Crippen LogP contribution in [0.2, 0.25) is 0 Å². The van der Waals surface area contributed by atoms with Crippen molar-refractivity contribution in [3.05, 3.63) is 35.4 Å². The van der Waals surface area contributed by atoms with Gasteiger partial charge in [-0.2, -0.15) is 0 Å². The van der Waals surface area contributed by atoms with Gasteiger partial charge in [0.2, 0.25) is 0 Å². The summed E-state index contributed by atoms with van der Waals surface area (Å²) in [5.41, 5.74) is 0.531. The highest BCUT2D eigenvalue weighted by atomic mass is 19.3. The van der Waals surface area contributed by atoms with E-state index in [1.807, 2.05) is 0 Å². The number of carboxylic acids is 1. The number of hydrogen-bond acceptors (Lipinski definition) is 3. The molecule has 1 aliphatic rings. The van der Waals surface area contributed by atoms with E-state index < -0.39 is 18.5 Å². The van der Waals surface area contributed by atoms with Gasteiger partial charge in [0.15, 0.2) is 0 Å². The second kappa shape index (κ2) is 7.04. The molecule has 2 rings (SSSR count). The van der Waals surface area contributed by atoms with E-state index in [9.17, 15) is 18.4 Å². The van der Waals surface area contributed by atoms with Gasteiger partial charge in [0.05, 0.1) is 11.7 Å². The number of hydrogen-bond donors (Lipinski definition) is 1. The third-order valence-corrected chi connectivity index (χ3v) is 3.68. The summed E-state index contributed by atoms with van der Waals surface area (Å²) in [5.74, 6) is -4.09. The number of halogens is 2. The molecule has 0 radical (unpaired) electrons. The van der Waals surface area contributed by atoms with E-state index in [0.717, 1.165) is 6.92 Å². The first kappa shape index (κ1) is 17.3. The van der Waals surface area contributed by atoms with Gasteiger partial charge in [-0.25, -0.2) is 13.6 Å². The standard InChI is InChI=1S/C16H19F2NO4/c1-16(17,18)10-23-13-6-8-19(9-7-13)14(20)11-2-4-12(5-3-11)15(21)22/h2-5,13H,6-10H2,1H3,(H,21,22). The number of piperidine rings is 1. The molecule has 1 amide bonds. The van der Waals surface area contributed by atoms with Gasteiger partial charge in [0.25, 0.3) is 11.8 Å². The summed E-state index contributed by atoms with van der Waals surface area (Å²) in [5, 5.41) is 8.84. The van der Waals surface area contributed by atoms with Gasteiger partial charge in [-0.3, -0.25) is 4.79 Å². The molecule has 0 atom stereocenters. The van der Waals surface area contributed by atoms with Crippen molar-refractivity contribution in [1.82, 2.24) is 4.90 Å². The molecule has 1 aromatic rings. The summed E-state index contributed by atoms with van der Waals surface area (Å²) in [6, 6.07) is 5.72. The van der Waals surface area contributed by atoms with Crippen molar-refractivity contribution in [2.75, 3.05) is 19.7 Å². The number of amides is 1. The van der Waals surface area contributed by atoms with Crippen LogP contribution < -0.4 is 0 Å². The Morgan fingerprint density at radius 2 is 1.74 bits per heavy atom. The highest BCUT2D eigenvalue weighted by molar-refractivity contribution is 5.95. The normalized spacial score (nSPS) is 16.4. The summed E-state index contributed by atoms with van der Waals surface area (Å²) in [4.78, 5) is 24.7.